The highest BCUT2D eigenvalue weighted by atomic mass is 16.5. The molecule has 1 aliphatic rings. The van der Waals surface area contributed by atoms with E-state index in [1.165, 1.54) is 5.56 Å². The van der Waals surface area contributed by atoms with Gasteiger partial charge in [-0.3, -0.25) is 4.90 Å². The van der Waals surface area contributed by atoms with Crippen molar-refractivity contribution in [2.75, 3.05) is 26.3 Å². The second-order valence-electron chi connectivity index (χ2n) is 6.18. The fourth-order valence-electron chi connectivity index (χ4n) is 2.69. The van der Waals surface area contributed by atoms with E-state index in [0.29, 0.717) is 17.8 Å². The third kappa shape index (κ3) is 5.66. The van der Waals surface area contributed by atoms with E-state index in [0.717, 1.165) is 32.7 Å². The number of ether oxygens (including phenoxy) is 2. The smallest absolute Gasteiger partial charge is 0.341 e. The molecular weight excluding hydrogens is 282 g/mol. The van der Waals surface area contributed by atoms with Crippen molar-refractivity contribution in [1.82, 2.24) is 4.90 Å². The van der Waals surface area contributed by atoms with Crippen LogP contribution >= 0.6 is 0 Å². The number of morpholine rings is 1. The van der Waals surface area contributed by atoms with E-state index in [2.05, 4.69) is 18.7 Å². The van der Waals surface area contributed by atoms with Crippen molar-refractivity contribution < 1.29 is 19.4 Å². The third-order valence-corrected chi connectivity index (χ3v) is 3.65. The van der Waals surface area contributed by atoms with Gasteiger partial charge < -0.3 is 14.6 Å². The number of carboxylic acids is 1. The molecule has 0 spiro atoms. The van der Waals surface area contributed by atoms with Gasteiger partial charge in [0, 0.05) is 19.6 Å². The van der Waals surface area contributed by atoms with Crippen LogP contribution in [0.15, 0.2) is 24.3 Å². The molecule has 0 saturated carbocycles. The average Bonchev–Trinajstić information content (AvgIpc) is 2.46. The first-order valence-electron chi connectivity index (χ1n) is 7.80. The van der Waals surface area contributed by atoms with Gasteiger partial charge in [0.05, 0.1) is 12.7 Å². The van der Waals surface area contributed by atoms with E-state index in [1.807, 2.05) is 24.3 Å². The molecule has 1 saturated heterocycles. The molecule has 122 valence electrons. The van der Waals surface area contributed by atoms with E-state index in [-0.39, 0.29) is 6.61 Å². The average molecular weight is 307 g/mol. The quantitative estimate of drug-likeness (QED) is 0.838. The zero-order valence-corrected chi connectivity index (χ0v) is 13.3. The van der Waals surface area contributed by atoms with Crippen molar-refractivity contribution in [3.05, 3.63) is 29.8 Å². The summed E-state index contributed by atoms with van der Waals surface area (Å²) in [4.78, 5) is 12.9. The molecule has 1 atom stereocenters. The zero-order valence-electron chi connectivity index (χ0n) is 13.3. The van der Waals surface area contributed by atoms with Crippen molar-refractivity contribution in [1.29, 1.82) is 0 Å². The largest absolute Gasteiger partial charge is 0.482 e. The molecule has 1 aromatic carbocycles. The van der Waals surface area contributed by atoms with Gasteiger partial charge in [0.1, 0.15) is 5.75 Å². The minimum absolute atomic E-state index is 0.306. The SMILES string of the molecule is CC(C)C[C@@H]1CN(Cc2ccc(OCC(=O)O)cc2)CCO1. The summed E-state index contributed by atoms with van der Waals surface area (Å²) in [5.41, 5.74) is 1.20. The lowest BCUT2D eigenvalue weighted by molar-refractivity contribution is -0.139. The fourth-order valence-corrected chi connectivity index (χ4v) is 2.69. The lowest BCUT2D eigenvalue weighted by Gasteiger charge is -2.33. The summed E-state index contributed by atoms with van der Waals surface area (Å²) < 4.78 is 11.0. The van der Waals surface area contributed by atoms with Crippen molar-refractivity contribution >= 4 is 5.97 Å². The van der Waals surface area contributed by atoms with Crippen LogP contribution in [0.4, 0.5) is 0 Å². The number of rotatable bonds is 7. The molecule has 1 N–H and O–H groups in total. The summed E-state index contributed by atoms with van der Waals surface area (Å²) in [5.74, 6) is 0.273. The van der Waals surface area contributed by atoms with Crippen molar-refractivity contribution in [2.45, 2.75) is 32.9 Å². The third-order valence-electron chi connectivity index (χ3n) is 3.65. The monoisotopic (exact) mass is 307 g/mol. The van der Waals surface area contributed by atoms with Crippen molar-refractivity contribution in [3.8, 4) is 5.75 Å². The summed E-state index contributed by atoms with van der Waals surface area (Å²) >= 11 is 0. The van der Waals surface area contributed by atoms with Crippen LogP contribution in [0.25, 0.3) is 0 Å². The number of carboxylic acid groups (broad SMARTS) is 1. The van der Waals surface area contributed by atoms with Crippen LogP contribution < -0.4 is 4.74 Å². The number of aliphatic carboxylic acids is 1. The number of hydrogen-bond donors (Lipinski definition) is 1. The molecule has 0 bridgehead atoms. The minimum atomic E-state index is -0.964. The van der Waals surface area contributed by atoms with Gasteiger partial charge in [-0.15, -0.1) is 0 Å². The van der Waals surface area contributed by atoms with Gasteiger partial charge in [0.15, 0.2) is 6.61 Å². The molecule has 2 rings (SSSR count). The molecule has 22 heavy (non-hydrogen) atoms. The predicted molar refractivity (Wildman–Crippen MR) is 84.0 cm³/mol. The maximum Gasteiger partial charge on any atom is 0.341 e. The summed E-state index contributed by atoms with van der Waals surface area (Å²) in [6.07, 6.45) is 1.42. The Morgan fingerprint density at radius 2 is 2.14 bits per heavy atom. The van der Waals surface area contributed by atoms with Crippen LogP contribution in [-0.2, 0) is 16.1 Å². The van der Waals surface area contributed by atoms with Gasteiger partial charge in [-0.1, -0.05) is 26.0 Å². The van der Waals surface area contributed by atoms with E-state index >= 15 is 0 Å². The molecule has 0 aromatic heterocycles. The Balaban J connectivity index is 1.83. The summed E-state index contributed by atoms with van der Waals surface area (Å²) in [6.45, 7) is 7.73. The van der Waals surface area contributed by atoms with Gasteiger partial charge in [-0.05, 0) is 30.0 Å². The van der Waals surface area contributed by atoms with Gasteiger partial charge in [-0.2, -0.15) is 0 Å². The topological polar surface area (TPSA) is 59.0 Å². The number of nitrogens with zero attached hydrogens (tertiary/aromatic N) is 1. The second-order valence-corrected chi connectivity index (χ2v) is 6.18. The summed E-state index contributed by atoms with van der Waals surface area (Å²) in [7, 11) is 0. The molecule has 0 radical (unpaired) electrons. The standard InChI is InChI=1S/C17H25NO4/c1-13(2)9-16-11-18(7-8-21-16)10-14-3-5-15(6-4-14)22-12-17(19)20/h3-6,13,16H,7-12H2,1-2H3,(H,19,20)/t16-/m1/s1. The van der Waals surface area contributed by atoms with E-state index in [4.69, 9.17) is 14.6 Å². The Bertz CT molecular complexity index is 472. The van der Waals surface area contributed by atoms with Crippen molar-refractivity contribution in [3.63, 3.8) is 0 Å². The normalized spacial score (nSPS) is 19.3. The van der Waals surface area contributed by atoms with E-state index in [9.17, 15) is 4.79 Å². The van der Waals surface area contributed by atoms with Crippen LogP contribution in [-0.4, -0.2) is 48.4 Å². The zero-order chi connectivity index (χ0) is 15.9. The minimum Gasteiger partial charge on any atom is -0.482 e. The molecule has 5 nitrogen and oxygen atoms in total. The highest BCUT2D eigenvalue weighted by Gasteiger charge is 2.21. The van der Waals surface area contributed by atoms with Crippen molar-refractivity contribution in [2.24, 2.45) is 5.92 Å². The Morgan fingerprint density at radius 3 is 2.77 bits per heavy atom. The first-order valence-corrected chi connectivity index (χ1v) is 7.80. The van der Waals surface area contributed by atoms with Crippen LogP contribution in [0.2, 0.25) is 0 Å². The van der Waals surface area contributed by atoms with Crippen LogP contribution in [0.1, 0.15) is 25.8 Å². The van der Waals surface area contributed by atoms with Gasteiger partial charge in [-0.25, -0.2) is 4.79 Å². The maximum atomic E-state index is 10.5. The number of hydrogen-bond acceptors (Lipinski definition) is 4. The van der Waals surface area contributed by atoms with Crippen LogP contribution in [0.3, 0.4) is 0 Å². The second kappa shape index (κ2) is 8.15. The molecule has 1 aromatic rings. The highest BCUT2D eigenvalue weighted by Crippen LogP contribution is 2.18. The van der Waals surface area contributed by atoms with Gasteiger partial charge >= 0.3 is 5.97 Å². The fraction of sp³-hybridized carbons (Fsp3) is 0.588. The first kappa shape index (κ1) is 16.8. The van der Waals surface area contributed by atoms with E-state index in [1.54, 1.807) is 0 Å². The molecular formula is C17H25NO4. The molecule has 1 heterocycles. The first-order chi connectivity index (χ1) is 10.5. The molecule has 1 fully saturated rings. The summed E-state index contributed by atoms with van der Waals surface area (Å²) in [5, 5.41) is 8.59. The molecule has 5 heteroatoms. The van der Waals surface area contributed by atoms with E-state index < -0.39 is 5.97 Å². The van der Waals surface area contributed by atoms with Crippen LogP contribution in [0.5, 0.6) is 5.75 Å². The number of carbonyl (C=O) groups is 1. The Hall–Kier alpha value is -1.59. The Kier molecular flexibility index (Phi) is 6.21. The Labute approximate surface area is 131 Å². The predicted octanol–water partition coefficient (Wildman–Crippen LogP) is 2.40. The van der Waals surface area contributed by atoms with Crippen LogP contribution in [0, 0.1) is 5.92 Å². The van der Waals surface area contributed by atoms with Gasteiger partial charge in [0.2, 0.25) is 0 Å². The molecule has 0 amide bonds. The maximum absolute atomic E-state index is 10.5. The summed E-state index contributed by atoms with van der Waals surface area (Å²) in [6, 6.07) is 7.63. The molecule has 0 aliphatic carbocycles. The number of benzene rings is 1. The van der Waals surface area contributed by atoms with Gasteiger partial charge in [0.25, 0.3) is 0 Å². The molecule has 1 aliphatic heterocycles. The molecule has 0 unspecified atom stereocenters. The Morgan fingerprint density at radius 1 is 1.41 bits per heavy atom. The lowest BCUT2D eigenvalue weighted by atomic mass is 10.0. The lowest BCUT2D eigenvalue weighted by Crippen LogP contribution is -2.42. The highest BCUT2D eigenvalue weighted by molar-refractivity contribution is 5.68.